The average Bonchev–Trinajstić information content (AvgIpc) is 3.60. The highest BCUT2D eigenvalue weighted by molar-refractivity contribution is 5.72. The van der Waals surface area contributed by atoms with Gasteiger partial charge in [-0.05, 0) is 45.5 Å². The maximum atomic E-state index is 14.8. The number of aliphatic hydroxyl groups excluding tert-OH is 1. The van der Waals surface area contributed by atoms with E-state index in [0.717, 1.165) is 39.3 Å². The third-order valence-electron chi connectivity index (χ3n) is 7.36. The minimum atomic E-state index is -0.834. The Bertz CT molecular complexity index is 1670. The van der Waals surface area contributed by atoms with Gasteiger partial charge in [-0.2, -0.15) is 0 Å². The van der Waals surface area contributed by atoms with Crippen LogP contribution in [0.3, 0.4) is 0 Å². The fourth-order valence-electron chi connectivity index (χ4n) is 5.25. The van der Waals surface area contributed by atoms with Crippen LogP contribution in [-0.2, 0) is 13.0 Å². The van der Waals surface area contributed by atoms with Gasteiger partial charge in [-0.15, -0.1) is 0 Å². The van der Waals surface area contributed by atoms with Crippen molar-refractivity contribution in [1.29, 1.82) is 0 Å². The number of rotatable bonds is 7. The lowest BCUT2D eigenvalue weighted by atomic mass is 10.0. The first-order valence-corrected chi connectivity index (χ1v) is 13.4. The topological polar surface area (TPSA) is 74.9 Å². The van der Waals surface area contributed by atoms with Gasteiger partial charge in [0, 0.05) is 31.6 Å². The van der Waals surface area contributed by atoms with Crippen LogP contribution in [0.5, 0.6) is 5.75 Å². The second-order valence-corrected chi connectivity index (χ2v) is 10.2. The van der Waals surface area contributed by atoms with Crippen molar-refractivity contribution in [3.63, 3.8) is 0 Å². The summed E-state index contributed by atoms with van der Waals surface area (Å²) in [5, 5.41) is 13.5. The first kappa shape index (κ1) is 26.3. The highest BCUT2D eigenvalue weighted by atomic mass is 19.1. The summed E-state index contributed by atoms with van der Waals surface area (Å²) >= 11 is 0. The molecule has 1 aromatic heterocycles. The van der Waals surface area contributed by atoms with E-state index in [1.165, 1.54) is 12.1 Å². The summed E-state index contributed by atoms with van der Waals surface area (Å²) in [6, 6.07) is 31.2. The Morgan fingerprint density at radius 3 is 2.34 bits per heavy atom. The number of carbonyl (C=O) groups is 1. The normalized spacial score (nSPS) is 15.8. The van der Waals surface area contributed by atoms with E-state index in [-0.39, 0.29) is 5.75 Å². The van der Waals surface area contributed by atoms with Crippen LogP contribution in [0.1, 0.15) is 22.7 Å². The van der Waals surface area contributed by atoms with Crippen molar-refractivity contribution < 1.29 is 23.4 Å². The summed E-state index contributed by atoms with van der Waals surface area (Å²) in [7, 11) is 1.94. The van der Waals surface area contributed by atoms with Crippen molar-refractivity contribution in [3.05, 3.63) is 132 Å². The van der Waals surface area contributed by atoms with Crippen molar-refractivity contribution >= 4 is 12.0 Å². The number of nitrogens with zero attached hydrogens (tertiary/aromatic N) is 1. The SMILES string of the molecule is CN(Cc1ccc2c(c1)[C@@H](NC(=O)Oc1ccc(-c3ccccc3)cc1F)[C@H](O)C2)c1cc(-c2ccccc2)co1. The molecular weight excluding hydrogens is 519 g/mol. The predicted molar refractivity (Wildman–Crippen MR) is 156 cm³/mol. The minimum absolute atomic E-state index is 0.182. The van der Waals surface area contributed by atoms with Crippen molar-refractivity contribution in [1.82, 2.24) is 5.32 Å². The molecule has 0 spiro atoms. The Hall–Kier alpha value is -4.88. The first-order valence-electron chi connectivity index (χ1n) is 13.4. The number of carbonyl (C=O) groups excluding carboxylic acids is 1. The van der Waals surface area contributed by atoms with Gasteiger partial charge >= 0.3 is 6.09 Å². The van der Waals surface area contributed by atoms with E-state index in [0.29, 0.717) is 18.5 Å². The molecule has 0 bridgehead atoms. The van der Waals surface area contributed by atoms with Crippen LogP contribution in [0.4, 0.5) is 15.1 Å². The van der Waals surface area contributed by atoms with Gasteiger partial charge in [0.15, 0.2) is 17.5 Å². The van der Waals surface area contributed by atoms with Crippen LogP contribution in [0.25, 0.3) is 22.3 Å². The fraction of sp³-hybridized carbons (Fsp3) is 0.147. The van der Waals surface area contributed by atoms with Crippen LogP contribution in [0.2, 0.25) is 0 Å². The van der Waals surface area contributed by atoms with Gasteiger partial charge in [-0.3, -0.25) is 0 Å². The zero-order chi connectivity index (χ0) is 28.3. The highest BCUT2D eigenvalue weighted by Gasteiger charge is 2.33. The molecule has 0 unspecified atom stereocenters. The molecule has 41 heavy (non-hydrogen) atoms. The molecule has 4 aromatic carbocycles. The summed E-state index contributed by atoms with van der Waals surface area (Å²) < 4.78 is 25.9. The molecule has 0 aliphatic heterocycles. The largest absolute Gasteiger partial charge is 0.448 e. The van der Waals surface area contributed by atoms with Gasteiger partial charge in [-0.1, -0.05) is 84.9 Å². The molecule has 1 heterocycles. The molecule has 5 aromatic rings. The molecule has 6 rings (SSSR count). The van der Waals surface area contributed by atoms with Crippen molar-refractivity contribution in [3.8, 4) is 28.0 Å². The number of ether oxygens (including phenoxy) is 1. The molecular formula is C34H29FN2O4. The van der Waals surface area contributed by atoms with E-state index >= 15 is 0 Å². The van der Waals surface area contributed by atoms with Gasteiger partial charge in [0.05, 0.1) is 12.1 Å². The maximum Gasteiger partial charge on any atom is 0.413 e. The Labute approximate surface area is 237 Å². The number of nitrogens with one attached hydrogen (secondary N) is 1. The zero-order valence-electron chi connectivity index (χ0n) is 22.5. The molecule has 1 amide bonds. The summed E-state index contributed by atoms with van der Waals surface area (Å²) in [4.78, 5) is 14.8. The molecule has 1 aliphatic carbocycles. The zero-order valence-corrected chi connectivity index (χ0v) is 22.5. The van der Waals surface area contributed by atoms with Gasteiger partial charge < -0.3 is 24.5 Å². The molecule has 206 valence electrons. The molecule has 0 saturated heterocycles. The fourth-order valence-corrected chi connectivity index (χ4v) is 5.25. The number of hydrogen-bond acceptors (Lipinski definition) is 5. The summed E-state index contributed by atoms with van der Waals surface area (Å²) in [5.74, 6) is -0.103. The van der Waals surface area contributed by atoms with E-state index in [9.17, 15) is 14.3 Å². The lowest BCUT2D eigenvalue weighted by Crippen LogP contribution is -2.36. The Morgan fingerprint density at radius 2 is 1.63 bits per heavy atom. The Kier molecular flexibility index (Phi) is 7.27. The van der Waals surface area contributed by atoms with Crippen molar-refractivity contribution in [2.24, 2.45) is 0 Å². The van der Waals surface area contributed by atoms with Gasteiger partial charge in [0.2, 0.25) is 0 Å². The third-order valence-corrected chi connectivity index (χ3v) is 7.36. The van der Waals surface area contributed by atoms with Crippen LogP contribution in [0.15, 0.2) is 114 Å². The molecule has 6 nitrogen and oxygen atoms in total. The van der Waals surface area contributed by atoms with E-state index < -0.39 is 24.1 Å². The third kappa shape index (κ3) is 5.71. The number of furan rings is 1. The van der Waals surface area contributed by atoms with Gasteiger partial charge in [0.25, 0.3) is 0 Å². The average molecular weight is 549 g/mol. The quantitative estimate of drug-likeness (QED) is 0.226. The van der Waals surface area contributed by atoms with Gasteiger partial charge in [0.1, 0.15) is 6.26 Å². The second-order valence-electron chi connectivity index (χ2n) is 10.2. The number of benzene rings is 4. The predicted octanol–water partition coefficient (Wildman–Crippen LogP) is 7.14. The molecule has 1 aliphatic rings. The number of amides is 1. The molecule has 0 saturated carbocycles. The molecule has 0 radical (unpaired) electrons. The minimum Gasteiger partial charge on any atom is -0.448 e. The van der Waals surface area contributed by atoms with Crippen molar-refractivity contribution in [2.75, 3.05) is 11.9 Å². The summed E-state index contributed by atoms with van der Waals surface area (Å²) in [5.41, 5.74) is 6.36. The monoisotopic (exact) mass is 548 g/mol. The lowest BCUT2D eigenvalue weighted by Gasteiger charge is -2.20. The Balaban J connectivity index is 1.13. The van der Waals surface area contributed by atoms with E-state index in [1.807, 2.05) is 96.9 Å². The number of aliphatic hydroxyl groups is 1. The van der Waals surface area contributed by atoms with Crippen molar-refractivity contribution in [2.45, 2.75) is 25.1 Å². The smallest absolute Gasteiger partial charge is 0.413 e. The van der Waals surface area contributed by atoms with Crippen LogP contribution >= 0.6 is 0 Å². The van der Waals surface area contributed by atoms with Gasteiger partial charge in [-0.25, -0.2) is 9.18 Å². The molecule has 7 heteroatoms. The number of fused-ring (bicyclic) bond motifs is 1. The molecule has 2 atom stereocenters. The highest BCUT2D eigenvalue weighted by Crippen LogP contribution is 2.34. The number of hydrogen-bond donors (Lipinski definition) is 2. The number of halogens is 1. The van der Waals surface area contributed by atoms with Crippen LogP contribution in [0, 0.1) is 5.82 Å². The summed E-state index contributed by atoms with van der Waals surface area (Å²) in [6.07, 6.45) is 0.480. The van der Waals surface area contributed by atoms with E-state index in [2.05, 4.69) is 5.32 Å². The maximum absolute atomic E-state index is 14.8. The lowest BCUT2D eigenvalue weighted by molar-refractivity contribution is 0.133. The van der Waals surface area contributed by atoms with Crippen LogP contribution in [-0.4, -0.2) is 24.4 Å². The number of anilines is 1. The Morgan fingerprint density at radius 1 is 0.927 bits per heavy atom. The van der Waals surface area contributed by atoms with E-state index in [1.54, 1.807) is 12.3 Å². The standard InChI is InChI=1S/C34H29FN2O4/c1-37(32-19-27(21-40-32)24-10-6-3-7-11-24)20-22-12-13-26-18-30(38)33(28(26)16-22)36-34(39)41-31-15-14-25(17-29(31)35)23-8-4-2-5-9-23/h2-17,19,21,30,33,38H,18,20H2,1H3,(H,36,39)/t30-,33-/m1/s1. The molecule has 2 N–H and O–H groups in total. The molecule has 0 fully saturated rings. The van der Waals surface area contributed by atoms with E-state index in [4.69, 9.17) is 9.15 Å². The second kappa shape index (κ2) is 11.3. The first-order chi connectivity index (χ1) is 19.9. The van der Waals surface area contributed by atoms with Crippen LogP contribution < -0.4 is 15.0 Å². The summed E-state index contributed by atoms with van der Waals surface area (Å²) in [6.45, 7) is 0.557.